The molecule has 0 fully saturated rings. The largest absolute Gasteiger partial charge is 0.418 e. The lowest BCUT2D eigenvalue weighted by atomic mass is 10.1. The highest BCUT2D eigenvalue weighted by molar-refractivity contribution is 5.48. The summed E-state index contributed by atoms with van der Waals surface area (Å²) in [7, 11) is 0. The van der Waals surface area contributed by atoms with Crippen LogP contribution in [0.15, 0.2) is 18.2 Å². The standard InChI is InChI=1S/C9H5F4NO/c1-14-7-4-5(2-3-6(7)10)8(15)9(11,12)13/h2-4,8,15H. The van der Waals surface area contributed by atoms with Gasteiger partial charge in [0.25, 0.3) is 0 Å². The Hall–Kier alpha value is -1.61. The van der Waals surface area contributed by atoms with Crippen LogP contribution < -0.4 is 0 Å². The van der Waals surface area contributed by atoms with Gasteiger partial charge in [-0.3, -0.25) is 0 Å². The van der Waals surface area contributed by atoms with E-state index >= 15 is 0 Å². The molecule has 1 unspecified atom stereocenters. The molecule has 1 N–H and O–H groups in total. The third-order valence-electron chi connectivity index (χ3n) is 1.72. The molecule has 0 aromatic heterocycles. The molecule has 80 valence electrons. The SMILES string of the molecule is [C-]#[N+]c1cc(C(O)C(F)(F)F)ccc1F. The quantitative estimate of drug-likeness (QED) is 0.570. The van der Waals surface area contributed by atoms with Crippen molar-refractivity contribution < 1.29 is 22.7 Å². The van der Waals surface area contributed by atoms with Crippen molar-refractivity contribution in [3.05, 3.63) is 41.0 Å². The van der Waals surface area contributed by atoms with E-state index < -0.39 is 29.3 Å². The van der Waals surface area contributed by atoms with Crippen LogP contribution in [0.3, 0.4) is 0 Å². The highest BCUT2D eigenvalue weighted by Gasteiger charge is 2.39. The van der Waals surface area contributed by atoms with E-state index in [9.17, 15) is 17.6 Å². The second-order valence-electron chi connectivity index (χ2n) is 2.77. The summed E-state index contributed by atoms with van der Waals surface area (Å²) in [6.45, 7) is 6.50. The van der Waals surface area contributed by atoms with E-state index in [2.05, 4.69) is 4.85 Å². The Bertz CT molecular complexity index is 408. The molecule has 0 aliphatic rings. The number of aliphatic hydroxyl groups excluding tert-OH is 1. The van der Waals surface area contributed by atoms with E-state index in [0.717, 1.165) is 12.1 Å². The fourth-order valence-electron chi connectivity index (χ4n) is 0.974. The Labute approximate surface area is 82.6 Å². The lowest BCUT2D eigenvalue weighted by molar-refractivity contribution is -0.206. The van der Waals surface area contributed by atoms with Crippen LogP contribution in [0.1, 0.15) is 11.7 Å². The Morgan fingerprint density at radius 3 is 2.40 bits per heavy atom. The number of rotatable bonds is 1. The van der Waals surface area contributed by atoms with Crippen molar-refractivity contribution in [2.24, 2.45) is 0 Å². The molecule has 0 aliphatic carbocycles. The molecule has 0 radical (unpaired) electrons. The van der Waals surface area contributed by atoms with E-state index in [1.807, 2.05) is 0 Å². The van der Waals surface area contributed by atoms with Crippen molar-refractivity contribution in [3.63, 3.8) is 0 Å². The van der Waals surface area contributed by atoms with Gasteiger partial charge in [0, 0.05) is 0 Å². The minimum absolute atomic E-state index is 0.546. The second-order valence-corrected chi connectivity index (χ2v) is 2.77. The third-order valence-corrected chi connectivity index (χ3v) is 1.72. The molecular weight excluding hydrogens is 214 g/mol. The molecule has 15 heavy (non-hydrogen) atoms. The number of hydrogen-bond acceptors (Lipinski definition) is 1. The van der Waals surface area contributed by atoms with Crippen LogP contribution in [-0.2, 0) is 0 Å². The summed E-state index contributed by atoms with van der Waals surface area (Å²) < 4.78 is 48.9. The van der Waals surface area contributed by atoms with Gasteiger partial charge in [0.05, 0.1) is 6.57 Å². The van der Waals surface area contributed by atoms with Crippen LogP contribution in [0.4, 0.5) is 23.2 Å². The summed E-state index contributed by atoms with van der Waals surface area (Å²) in [6.07, 6.45) is -7.52. The van der Waals surface area contributed by atoms with Gasteiger partial charge in [0.2, 0.25) is 5.69 Å². The zero-order chi connectivity index (χ0) is 11.6. The molecule has 1 atom stereocenters. The van der Waals surface area contributed by atoms with E-state index in [4.69, 9.17) is 11.7 Å². The van der Waals surface area contributed by atoms with Crippen molar-refractivity contribution in [3.8, 4) is 0 Å². The van der Waals surface area contributed by atoms with Crippen molar-refractivity contribution >= 4 is 5.69 Å². The summed E-state index contributed by atoms with van der Waals surface area (Å²) >= 11 is 0. The van der Waals surface area contributed by atoms with Gasteiger partial charge in [-0.05, 0) is 17.7 Å². The van der Waals surface area contributed by atoms with E-state index in [-0.39, 0.29) is 0 Å². The van der Waals surface area contributed by atoms with Crippen LogP contribution in [0.25, 0.3) is 4.85 Å². The smallest absolute Gasteiger partial charge is 0.379 e. The van der Waals surface area contributed by atoms with Gasteiger partial charge in [0.1, 0.15) is 5.82 Å². The first kappa shape index (κ1) is 11.5. The van der Waals surface area contributed by atoms with E-state index in [0.29, 0.717) is 6.07 Å². The summed E-state index contributed by atoms with van der Waals surface area (Å²) in [5, 5.41) is 8.82. The number of halogens is 4. The molecule has 2 nitrogen and oxygen atoms in total. The maximum Gasteiger partial charge on any atom is 0.418 e. The number of aliphatic hydroxyl groups is 1. The predicted octanol–water partition coefficient (Wildman–Crippen LogP) is 2.97. The van der Waals surface area contributed by atoms with Gasteiger partial charge in [-0.1, -0.05) is 6.07 Å². The molecule has 0 bridgehead atoms. The highest BCUT2D eigenvalue weighted by Crippen LogP contribution is 2.34. The van der Waals surface area contributed by atoms with Crippen molar-refractivity contribution in [1.82, 2.24) is 0 Å². The van der Waals surface area contributed by atoms with Crippen LogP contribution in [-0.4, -0.2) is 11.3 Å². The average molecular weight is 219 g/mol. The Balaban J connectivity index is 3.13. The second kappa shape index (κ2) is 3.87. The van der Waals surface area contributed by atoms with Crippen molar-refractivity contribution in [1.29, 1.82) is 0 Å². The Morgan fingerprint density at radius 1 is 1.33 bits per heavy atom. The van der Waals surface area contributed by atoms with Gasteiger partial charge in [-0.25, -0.2) is 9.24 Å². The third kappa shape index (κ3) is 2.44. The summed E-state index contributed by atoms with van der Waals surface area (Å²) in [4.78, 5) is 2.69. The molecular formula is C9H5F4NO. The molecule has 1 aromatic carbocycles. The van der Waals surface area contributed by atoms with Crippen LogP contribution in [0, 0.1) is 12.4 Å². The number of alkyl halides is 3. The predicted molar refractivity (Wildman–Crippen MR) is 43.7 cm³/mol. The minimum Gasteiger partial charge on any atom is -0.379 e. The summed E-state index contributed by atoms with van der Waals surface area (Å²) in [5.41, 5.74) is -1.09. The van der Waals surface area contributed by atoms with Gasteiger partial charge >= 0.3 is 6.18 Å². The first-order valence-electron chi connectivity index (χ1n) is 3.78. The molecule has 1 rings (SSSR count). The summed E-state index contributed by atoms with van der Waals surface area (Å²) in [6, 6.07) is 2.19. The lowest BCUT2D eigenvalue weighted by Gasteiger charge is -2.14. The molecule has 0 amide bonds. The minimum atomic E-state index is -4.82. The van der Waals surface area contributed by atoms with Gasteiger partial charge in [0.15, 0.2) is 6.10 Å². The molecule has 0 aliphatic heterocycles. The fraction of sp³-hybridized carbons (Fsp3) is 0.222. The first-order chi connectivity index (χ1) is 6.86. The van der Waals surface area contributed by atoms with Crippen LogP contribution >= 0.6 is 0 Å². The Morgan fingerprint density at radius 2 is 1.93 bits per heavy atom. The lowest BCUT2D eigenvalue weighted by Crippen LogP contribution is -2.20. The number of hydrogen-bond donors (Lipinski definition) is 1. The fourth-order valence-corrected chi connectivity index (χ4v) is 0.974. The zero-order valence-electron chi connectivity index (χ0n) is 7.22. The maximum atomic E-state index is 12.8. The summed E-state index contributed by atoms with van der Waals surface area (Å²) in [5.74, 6) is -0.914. The van der Waals surface area contributed by atoms with Gasteiger partial charge < -0.3 is 5.11 Å². The van der Waals surface area contributed by atoms with Crippen LogP contribution in [0.5, 0.6) is 0 Å². The topological polar surface area (TPSA) is 24.6 Å². The highest BCUT2D eigenvalue weighted by atomic mass is 19.4. The normalized spacial score (nSPS) is 13.3. The Kier molecular flexibility index (Phi) is 2.95. The van der Waals surface area contributed by atoms with E-state index in [1.54, 1.807) is 0 Å². The van der Waals surface area contributed by atoms with Crippen molar-refractivity contribution in [2.75, 3.05) is 0 Å². The number of nitrogens with zero attached hydrogens (tertiary/aromatic N) is 1. The van der Waals surface area contributed by atoms with Crippen LogP contribution in [0.2, 0.25) is 0 Å². The van der Waals surface area contributed by atoms with Gasteiger partial charge in [-0.2, -0.15) is 13.2 Å². The van der Waals surface area contributed by atoms with Gasteiger partial charge in [-0.15, -0.1) is 0 Å². The molecule has 0 saturated carbocycles. The maximum absolute atomic E-state index is 12.8. The monoisotopic (exact) mass is 219 g/mol. The zero-order valence-corrected chi connectivity index (χ0v) is 7.22. The average Bonchev–Trinajstić information content (AvgIpc) is 2.16. The number of benzene rings is 1. The molecule has 0 spiro atoms. The van der Waals surface area contributed by atoms with Crippen molar-refractivity contribution in [2.45, 2.75) is 12.3 Å². The molecule has 0 heterocycles. The first-order valence-corrected chi connectivity index (χ1v) is 3.78. The van der Waals surface area contributed by atoms with E-state index in [1.165, 1.54) is 0 Å². The molecule has 1 aromatic rings. The molecule has 0 saturated heterocycles. The molecule has 6 heteroatoms.